The van der Waals surface area contributed by atoms with Crippen LogP contribution in [0, 0.1) is 0 Å². The zero-order chi connectivity index (χ0) is 61.4. The third-order valence-corrected chi connectivity index (χ3v) is 18.2. The van der Waals surface area contributed by atoms with E-state index in [1.807, 2.05) is 60.7 Å². The maximum Gasteiger partial charge on any atom is 0.252 e. The van der Waals surface area contributed by atoms with Crippen molar-refractivity contribution >= 4 is 79.0 Å². The molecule has 0 spiro atoms. The average molecular weight is 1180 g/mol. The van der Waals surface area contributed by atoms with Crippen LogP contribution in [0.2, 0.25) is 0 Å². The lowest BCUT2D eigenvalue weighted by Gasteiger charge is -2.45. The molecule has 8 nitrogen and oxygen atoms in total. The summed E-state index contributed by atoms with van der Waals surface area (Å²) < 4.78 is 2.40. The molecule has 0 N–H and O–H groups in total. The number of fused-ring (bicyclic) bond motifs is 7. The molecule has 9 heteroatoms. The highest BCUT2D eigenvalue weighted by atomic mass is 15.2. The van der Waals surface area contributed by atoms with E-state index in [1.165, 1.54) is 38.4 Å². The van der Waals surface area contributed by atoms with Gasteiger partial charge in [0, 0.05) is 78.2 Å². The van der Waals surface area contributed by atoms with Gasteiger partial charge in [0.1, 0.15) is 0 Å². The summed E-state index contributed by atoms with van der Waals surface area (Å²) in [6.45, 7) is 6.79. The molecule has 0 bridgehead atoms. The van der Waals surface area contributed by atoms with Crippen LogP contribution in [-0.2, 0) is 5.41 Å². The van der Waals surface area contributed by atoms with Crippen LogP contribution in [0.1, 0.15) is 26.3 Å². The number of nitrogens with zero attached hydrogens (tertiary/aromatic N) is 8. The Labute approximate surface area is 535 Å². The number of para-hydroxylation sites is 5. The van der Waals surface area contributed by atoms with Gasteiger partial charge in [0.25, 0.3) is 6.71 Å². The van der Waals surface area contributed by atoms with Crippen LogP contribution in [0.3, 0.4) is 0 Å². The van der Waals surface area contributed by atoms with Gasteiger partial charge in [-0.2, -0.15) is 0 Å². The summed E-state index contributed by atoms with van der Waals surface area (Å²) >= 11 is 0. The first-order valence-corrected chi connectivity index (χ1v) is 31.4. The standard InChI is InChI=1S/C83H59BN8/c1-83(2,3)60-45-48-72-65(52-60)64-38-19-22-41-71(64)92(72)73-47-44-59(82-88-79(55-28-11-5-12-29-55)87-80(89-82)56-30-13-6-14-31-56)51-66(73)70-53-69(54-26-9-4-10-27-54)85-81(86-70)58-33-25-32-57(50-58)63-46-49-76-77-78(63)91(62-36-17-8-18-37-62)75-43-24-21-40-68(75)84(77)67-39-20-23-42-74(67)90(76)61-34-15-7-16-35-61/h4-53H,1-3H3. The summed E-state index contributed by atoms with van der Waals surface area (Å²) in [6.07, 6.45) is 0. The van der Waals surface area contributed by atoms with Crippen molar-refractivity contribution in [2.45, 2.75) is 26.2 Å². The molecule has 0 aliphatic carbocycles. The van der Waals surface area contributed by atoms with Crippen molar-refractivity contribution in [1.82, 2.24) is 29.5 Å². The first-order valence-electron chi connectivity index (χ1n) is 31.4. The number of rotatable bonds is 10. The molecule has 0 saturated heterocycles. The minimum Gasteiger partial charge on any atom is -0.311 e. The zero-order valence-electron chi connectivity index (χ0n) is 51.0. The van der Waals surface area contributed by atoms with Crippen LogP contribution in [0.5, 0.6) is 0 Å². The normalized spacial score (nSPS) is 12.4. The summed E-state index contributed by atoms with van der Waals surface area (Å²) in [6, 6.07) is 108. The molecular formula is C83H59BN8. The second-order valence-corrected chi connectivity index (χ2v) is 24.8. The maximum absolute atomic E-state index is 5.78. The van der Waals surface area contributed by atoms with Gasteiger partial charge in [0.05, 0.1) is 33.8 Å². The fraction of sp³-hybridized carbons (Fsp3) is 0.0482. The third kappa shape index (κ3) is 9.27. The van der Waals surface area contributed by atoms with E-state index < -0.39 is 0 Å². The maximum atomic E-state index is 5.78. The van der Waals surface area contributed by atoms with Crippen molar-refractivity contribution in [2.24, 2.45) is 0 Å². The first-order chi connectivity index (χ1) is 45.3. The molecule has 0 unspecified atom stereocenters. The highest BCUT2D eigenvalue weighted by molar-refractivity contribution is 7.00. The molecular weight excluding hydrogens is 1120 g/mol. The van der Waals surface area contributed by atoms with E-state index in [4.69, 9.17) is 24.9 Å². The molecule has 17 rings (SSSR count). The van der Waals surface area contributed by atoms with Crippen LogP contribution < -0.4 is 26.2 Å². The number of aromatic nitrogens is 6. The lowest BCUT2D eigenvalue weighted by molar-refractivity contribution is 0.591. The summed E-state index contributed by atoms with van der Waals surface area (Å²) in [7, 11) is 0. The molecule has 0 atom stereocenters. The van der Waals surface area contributed by atoms with E-state index in [0.29, 0.717) is 23.3 Å². The second-order valence-electron chi connectivity index (χ2n) is 24.8. The van der Waals surface area contributed by atoms with E-state index in [9.17, 15) is 0 Å². The Kier molecular flexibility index (Phi) is 13.0. The van der Waals surface area contributed by atoms with Crippen LogP contribution in [0.15, 0.2) is 303 Å². The van der Waals surface area contributed by atoms with Gasteiger partial charge in [-0.25, -0.2) is 24.9 Å². The average Bonchev–Trinajstić information content (AvgIpc) is 0.822. The summed E-state index contributed by atoms with van der Waals surface area (Å²) in [5, 5.41) is 2.36. The first kappa shape index (κ1) is 54.4. The molecule has 0 saturated carbocycles. The SMILES string of the molecule is CC(C)(C)c1ccc2c(c1)c1ccccc1n2-c1ccc(-c2nc(-c3ccccc3)nc(-c3ccccc3)n2)cc1-c1cc(-c2ccccc2)nc(-c2cccc(-c3ccc4c5c3N(c3ccccc3)c3ccccc3B5c3ccccc3N4c3ccccc3)c2)n1. The largest absolute Gasteiger partial charge is 0.311 e. The van der Waals surface area contributed by atoms with Gasteiger partial charge >= 0.3 is 0 Å². The molecule has 0 radical (unpaired) electrons. The molecule has 92 heavy (non-hydrogen) atoms. The molecule has 2 aliphatic heterocycles. The van der Waals surface area contributed by atoms with Crippen LogP contribution in [0.25, 0.3) is 107 Å². The van der Waals surface area contributed by atoms with Crippen molar-refractivity contribution in [1.29, 1.82) is 0 Å². The Morgan fingerprint density at radius 2 is 0.793 bits per heavy atom. The number of hydrogen-bond donors (Lipinski definition) is 0. The predicted molar refractivity (Wildman–Crippen MR) is 381 cm³/mol. The summed E-state index contributed by atoms with van der Waals surface area (Å²) in [5.74, 6) is 2.32. The Morgan fingerprint density at radius 3 is 1.45 bits per heavy atom. The molecule has 3 aromatic heterocycles. The summed E-state index contributed by atoms with van der Waals surface area (Å²) in [5.41, 5.74) is 23.9. The van der Waals surface area contributed by atoms with Crippen molar-refractivity contribution in [3.63, 3.8) is 0 Å². The fourth-order valence-corrected chi connectivity index (χ4v) is 13.9. The third-order valence-electron chi connectivity index (χ3n) is 18.2. The van der Waals surface area contributed by atoms with Gasteiger partial charge in [-0.15, -0.1) is 0 Å². The molecule has 5 heterocycles. The van der Waals surface area contributed by atoms with E-state index in [2.05, 4.69) is 278 Å². The number of hydrogen-bond acceptors (Lipinski definition) is 7. The highest BCUT2D eigenvalue weighted by Gasteiger charge is 2.44. The molecule has 434 valence electrons. The van der Waals surface area contributed by atoms with E-state index >= 15 is 0 Å². The molecule has 0 amide bonds. The second kappa shape index (κ2) is 22.0. The molecule has 0 fully saturated rings. The van der Waals surface area contributed by atoms with Gasteiger partial charge in [0.2, 0.25) is 0 Å². The van der Waals surface area contributed by atoms with Crippen molar-refractivity contribution in [3.8, 4) is 84.9 Å². The Hall–Kier alpha value is -11.8. The van der Waals surface area contributed by atoms with Crippen molar-refractivity contribution in [3.05, 3.63) is 309 Å². The monoisotopic (exact) mass is 1180 g/mol. The van der Waals surface area contributed by atoms with E-state index in [1.54, 1.807) is 0 Å². The Balaban J connectivity index is 0.904. The van der Waals surface area contributed by atoms with Gasteiger partial charge in [-0.05, 0) is 124 Å². The zero-order valence-corrected chi connectivity index (χ0v) is 51.0. The van der Waals surface area contributed by atoms with Crippen molar-refractivity contribution in [2.75, 3.05) is 9.80 Å². The van der Waals surface area contributed by atoms with Crippen LogP contribution in [-0.4, -0.2) is 36.2 Å². The fourth-order valence-electron chi connectivity index (χ4n) is 13.9. The number of benzene rings is 12. The minimum absolute atomic E-state index is 0.0451. The summed E-state index contributed by atoms with van der Waals surface area (Å²) in [4.78, 5) is 31.9. The lowest BCUT2D eigenvalue weighted by atomic mass is 9.33. The van der Waals surface area contributed by atoms with Gasteiger partial charge in [0.15, 0.2) is 23.3 Å². The molecule has 15 aromatic rings. The van der Waals surface area contributed by atoms with Gasteiger partial charge < -0.3 is 14.4 Å². The van der Waals surface area contributed by atoms with Gasteiger partial charge in [-0.3, -0.25) is 0 Å². The smallest absolute Gasteiger partial charge is 0.252 e. The van der Waals surface area contributed by atoms with E-state index in [0.717, 1.165) is 101 Å². The van der Waals surface area contributed by atoms with Gasteiger partial charge in [-0.1, -0.05) is 233 Å². The minimum atomic E-state index is -0.0592. The lowest BCUT2D eigenvalue weighted by Crippen LogP contribution is -2.61. The molecule has 12 aromatic carbocycles. The Bertz CT molecular complexity index is 5270. The topological polar surface area (TPSA) is 75.9 Å². The van der Waals surface area contributed by atoms with E-state index in [-0.39, 0.29) is 12.1 Å². The Morgan fingerprint density at radius 1 is 0.304 bits per heavy atom. The highest BCUT2D eigenvalue weighted by Crippen LogP contribution is 2.49. The van der Waals surface area contributed by atoms with Crippen LogP contribution >= 0.6 is 0 Å². The molecule has 2 aliphatic rings. The van der Waals surface area contributed by atoms with Crippen LogP contribution in [0.4, 0.5) is 34.1 Å². The quantitative estimate of drug-likeness (QED) is 0.126. The van der Waals surface area contributed by atoms with Crippen molar-refractivity contribution < 1.29 is 0 Å². The predicted octanol–water partition coefficient (Wildman–Crippen LogP) is 18.8. The number of anilines is 6.